The Labute approximate surface area is 104 Å². The van der Waals surface area contributed by atoms with Gasteiger partial charge >= 0.3 is 0 Å². The molecule has 5 heteroatoms. The minimum Gasteiger partial charge on any atom is -0.497 e. The third-order valence-corrected chi connectivity index (χ3v) is 2.75. The van der Waals surface area contributed by atoms with Gasteiger partial charge in [0.1, 0.15) is 5.75 Å². The van der Waals surface area contributed by atoms with E-state index in [2.05, 4.69) is 10.1 Å². The zero-order chi connectivity index (χ0) is 12.5. The van der Waals surface area contributed by atoms with Crippen molar-refractivity contribution in [3.8, 4) is 11.4 Å². The van der Waals surface area contributed by atoms with Crippen LogP contribution in [0.2, 0.25) is 0 Å². The zero-order valence-corrected chi connectivity index (χ0v) is 9.87. The lowest BCUT2D eigenvalue weighted by Crippen LogP contribution is -1.97. The van der Waals surface area contributed by atoms with E-state index in [-0.39, 0.29) is 0 Å². The Kier molecular flexibility index (Phi) is 2.37. The van der Waals surface area contributed by atoms with E-state index in [1.165, 1.54) is 0 Å². The second-order valence-electron chi connectivity index (χ2n) is 3.94. The number of hydrogen-bond acceptors (Lipinski definition) is 4. The topological polar surface area (TPSA) is 66.0 Å². The van der Waals surface area contributed by atoms with Gasteiger partial charge in [-0.1, -0.05) is 0 Å². The third kappa shape index (κ3) is 1.66. The van der Waals surface area contributed by atoms with Crippen molar-refractivity contribution in [2.24, 2.45) is 0 Å². The molecule has 1 aromatic carbocycles. The molecule has 0 aliphatic rings. The molecule has 0 spiro atoms. The van der Waals surface area contributed by atoms with E-state index in [9.17, 15) is 0 Å². The highest BCUT2D eigenvalue weighted by Gasteiger charge is 2.06. The Morgan fingerprint density at radius 1 is 1.17 bits per heavy atom. The van der Waals surface area contributed by atoms with Gasteiger partial charge < -0.3 is 10.5 Å². The van der Waals surface area contributed by atoms with Crippen molar-refractivity contribution in [2.75, 3.05) is 12.8 Å². The Morgan fingerprint density at radius 3 is 2.67 bits per heavy atom. The van der Waals surface area contributed by atoms with Crippen LogP contribution in [0.25, 0.3) is 16.7 Å². The monoisotopic (exact) mass is 240 g/mol. The Hall–Kier alpha value is -2.56. The number of anilines is 1. The molecule has 0 bridgehead atoms. The van der Waals surface area contributed by atoms with Crippen molar-refractivity contribution >= 4 is 16.7 Å². The smallest absolute Gasteiger partial charge is 0.163 e. The number of nitrogens with zero attached hydrogens (tertiary/aromatic N) is 3. The summed E-state index contributed by atoms with van der Waals surface area (Å²) in [5.41, 5.74) is 8.05. The van der Waals surface area contributed by atoms with Gasteiger partial charge in [0.2, 0.25) is 0 Å². The number of benzene rings is 1. The van der Waals surface area contributed by atoms with Gasteiger partial charge in [0.15, 0.2) is 5.65 Å². The van der Waals surface area contributed by atoms with Gasteiger partial charge in [-0.2, -0.15) is 5.10 Å². The fourth-order valence-corrected chi connectivity index (χ4v) is 1.85. The number of methoxy groups -OCH3 is 1. The largest absolute Gasteiger partial charge is 0.497 e. The molecule has 18 heavy (non-hydrogen) atoms. The number of nitrogen functional groups attached to an aromatic ring is 1. The van der Waals surface area contributed by atoms with Crippen molar-refractivity contribution in [1.29, 1.82) is 0 Å². The number of hydrogen-bond donors (Lipinski definition) is 1. The average molecular weight is 240 g/mol. The zero-order valence-electron chi connectivity index (χ0n) is 9.87. The molecule has 3 rings (SSSR count). The van der Waals surface area contributed by atoms with E-state index >= 15 is 0 Å². The quantitative estimate of drug-likeness (QED) is 0.744. The van der Waals surface area contributed by atoms with Crippen LogP contribution in [-0.2, 0) is 0 Å². The predicted molar refractivity (Wildman–Crippen MR) is 69.8 cm³/mol. The summed E-state index contributed by atoms with van der Waals surface area (Å²) in [4.78, 5) is 4.30. The fourth-order valence-electron chi connectivity index (χ4n) is 1.85. The van der Waals surface area contributed by atoms with Crippen LogP contribution < -0.4 is 10.5 Å². The number of aromatic nitrogens is 3. The van der Waals surface area contributed by atoms with Crippen molar-refractivity contribution in [3.63, 3.8) is 0 Å². The molecule has 5 nitrogen and oxygen atoms in total. The maximum absolute atomic E-state index is 5.69. The first-order valence-electron chi connectivity index (χ1n) is 5.51. The van der Waals surface area contributed by atoms with Crippen LogP contribution in [0.3, 0.4) is 0 Å². The van der Waals surface area contributed by atoms with Gasteiger partial charge in [-0.05, 0) is 30.3 Å². The molecule has 2 N–H and O–H groups in total. The molecule has 2 heterocycles. The Balaban J connectivity index is 2.13. The number of nitrogens with two attached hydrogens (primary N) is 1. The maximum atomic E-state index is 5.69. The minimum atomic E-state index is 0.636. The molecular formula is C13H12N4O. The molecule has 0 fully saturated rings. The molecular weight excluding hydrogens is 228 g/mol. The van der Waals surface area contributed by atoms with Crippen LogP contribution in [0.5, 0.6) is 5.75 Å². The number of rotatable bonds is 2. The molecule has 3 aromatic rings. The summed E-state index contributed by atoms with van der Waals surface area (Å²) in [5, 5.41) is 5.24. The van der Waals surface area contributed by atoms with Crippen LogP contribution >= 0.6 is 0 Å². The van der Waals surface area contributed by atoms with E-state index in [4.69, 9.17) is 10.5 Å². The molecule has 0 aliphatic heterocycles. The molecule has 0 amide bonds. The van der Waals surface area contributed by atoms with Crippen molar-refractivity contribution in [1.82, 2.24) is 14.8 Å². The van der Waals surface area contributed by atoms with Gasteiger partial charge in [0, 0.05) is 5.39 Å². The molecule has 0 aliphatic carbocycles. The van der Waals surface area contributed by atoms with E-state index in [1.54, 1.807) is 24.2 Å². The highest BCUT2D eigenvalue weighted by atomic mass is 16.5. The highest BCUT2D eigenvalue weighted by molar-refractivity contribution is 5.79. The van der Waals surface area contributed by atoms with Gasteiger partial charge in [0.05, 0.1) is 30.9 Å². The first kappa shape index (κ1) is 10.6. The number of pyridine rings is 1. The summed E-state index contributed by atoms with van der Waals surface area (Å²) in [7, 11) is 1.64. The van der Waals surface area contributed by atoms with Gasteiger partial charge in [-0.15, -0.1) is 0 Å². The van der Waals surface area contributed by atoms with Crippen molar-refractivity contribution < 1.29 is 4.74 Å². The minimum absolute atomic E-state index is 0.636. The van der Waals surface area contributed by atoms with Crippen LogP contribution in [-0.4, -0.2) is 21.9 Å². The van der Waals surface area contributed by atoms with Gasteiger partial charge in [-0.3, -0.25) is 0 Å². The van der Waals surface area contributed by atoms with Crippen LogP contribution in [0.15, 0.2) is 42.7 Å². The van der Waals surface area contributed by atoms with Crippen LogP contribution in [0.4, 0.5) is 5.69 Å². The van der Waals surface area contributed by atoms with Crippen molar-refractivity contribution in [2.45, 2.75) is 0 Å². The molecule has 0 atom stereocenters. The lowest BCUT2D eigenvalue weighted by molar-refractivity contribution is 0.414. The maximum Gasteiger partial charge on any atom is 0.163 e. The van der Waals surface area contributed by atoms with E-state index in [0.29, 0.717) is 5.69 Å². The first-order chi connectivity index (χ1) is 8.78. The Bertz CT molecular complexity index is 688. The number of fused-ring (bicyclic) bond motifs is 1. The summed E-state index contributed by atoms with van der Waals surface area (Å²) in [6, 6.07) is 9.50. The summed E-state index contributed by atoms with van der Waals surface area (Å²) in [6.45, 7) is 0. The molecule has 0 saturated carbocycles. The first-order valence-corrected chi connectivity index (χ1v) is 5.51. The predicted octanol–water partition coefficient (Wildman–Crippen LogP) is 2.01. The molecule has 0 saturated heterocycles. The fraction of sp³-hybridized carbons (Fsp3) is 0.0769. The average Bonchev–Trinajstić information content (AvgIpc) is 2.81. The SMILES string of the molecule is COc1ccc(-n2ncc3cc(N)cnc32)cc1. The van der Waals surface area contributed by atoms with E-state index < -0.39 is 0 Å². The van der Waals surface area contributed by atoms with Crippen molar-refractivity contribution in [3.05, 3.63) is 42.7 Å². The summed E-state index contributed by atoms with van der Waals surface area (Å²) < 4.78 is 6.90. The third-order valence-electron chi connectivity index (χ3n) is 2.75. The second-order valence-corrected chi connectivity index (χ2v) is 3.94. The van der Waals surface area contributed by atoms with Crippen LogP contribution in [0.1, 0.15) is 0 Å². The standard InChI is InChI=1S/C13H12N4O/c1-18-12-4-2-11(3-5-12)17-13-9(7-16-17)6-10(14)8-15-13/h2-8H,14H2,1H3. The van der Waals surface area contributed by atoms with Gasteiger partial charge in [0.25, 0.3) is 0 Å². The summed E-state index contributed by atoms with van der Waals surface area (Å²) >= 11 is 0. The summed E-state index contributed by atoms with van der Waals surface area (Å²) in [6.07, 6.45) is 3.38. The highest BCUT2D eigenvalue weighted by Crippen LogP contribution is 2.20. The normalized spacial score (nSPS) is 10.7. The number of ether oxygens (including phenoxy) is 1. The lowest BCUT2D eigenvalue weighted by atomic mass is 10.3. The lowest BCUT2D eigenvalue weighted by Gasteiger charge is -2.04. The molecule has 2 aromatic heterocycles. The molecule has 90 valence electrons. The second kappa shape index (κ2) is 4.03. The molecule has 0 radical (unpaired) electrons. The van der Waals surface area contributed by atoms with E-state index in [1.807, 2.05) is 30.3 Å². The van der Waals surface area contributed by atoms with Crippen LogP contribution in [0, 0.1) is 0 Å². The van der Waals surface area contributed by atoms with Gasteiger partial charge in [-0.25, -0.2) is 9.67 Å². The summed E-state index contributed by atoms with van der Waals surface area (Å²) in [5.74, 6) is 0.812. The Morgan fingerprint density at radius 2 is 1.94 bits per heavy atom. The van der Waals surface area contributed by atoms with E-state index in [0.717, 1.165) is 22.5 Å². The molecule has 0 unspecified atom stereocenters.